The minimum absolute atomic E-state index is 0.0706. The summed E-state index contributed by atoms with van der Waals surface area (Å²) in [5, 5.41) is 15.7. The van der Waals surface area contributed by atoms with Gasteiger partial charge >= 0.3 is 12.1 Å². The molecule has 1 atom stereocenters. The number of carbonyl (C=O) groups is 3. The monoisotopic (exact) mass is 396 g/mol. The van der Waals surface area contributed by atoms with Gasteiger partial charge < -0.3 is 20.3 Å². The Bertz CT molecular complexity index is 602. The van der Waals surface area contributed by atoms with Crippen LogP contribution in [0.1, 0.15) is 59.3 Å². The summed E-state index contributed by atoms with van der Waals surface area (Å²) < 4.78 is 5.21. The minimum Gasteiger partial charge on any atom is -0.444 e. The molecule has 4 fully saturated rings. The standard InChI is InChI=1S/C13H22N2O3.C6H10N2O2/c1-12(2,3)18-11(17)15-10-6-13(7-10)4-9(5-13)14-8-16;9-6-7-3-1-2-5(4-7)8(6)10/h8-10H,4-7H2,1-3H3,(H,14,16)(H,15,17);5,10H,1-4H2/t;5-/m.1/s1. The second kappa shape index (κ2) is 7.77. The van der Waals surface area contributed by atoms with Gasteiger partial charge in [0.1, 0.15) is 5.60 Å². The van der Waals surface area contributed by atoms with E-state index in [0.29, 0.717) is 11.5 Å². The van der Waals surface area contributed by atoms with E-state index in [2.05, 4.69) is 10.6 Å². The smallest absolute Gasteiger partial charge is 0.407 e. The Hall–Kier alpha value is -2.03. The Balaban J connectivity index is 0.000000188. The molecule has 3 N–H and O–H groups in total. The van der Waals surface area contributed by atoms with Crippen molar-refractivity contribution < 1.29 is 24.3 Å². The van der Waals surface area contributed by atoms with Crippen molar-refractivity contribution in [2.75, 3.05) is 13.1 Å². The first kappa shape index (κ1) is 20.7. The van der Waals surface area contributed by atoms with Crippen LogP contribution in [0.2, 0.25) is 0 Å². The summed E-state index contributed by atoms with van der Waals surface area (Å²) in [4.78, 5) is 34.5. The first-order chi connectivity index (χ1) is 13.1. The Morgan fingerprint density at radius 1 is 1.25 bits per heavy atom. The summed E-state index contributed by atoms with van der Waals surface area (Å²) >= 11 is 0. The van der Waals surface area contributed by atoms with Crippen LogP contribution in [0.4, 0.5) is 9.59 Å². The number of piperidine rings is 1. The Morgan fingerprint density at radius 2 is 1.89 bits per heavy atom. The fourth-order valence-corrected chi connectivity index (χ4v) is 4.72. The lowest BCUT2D eigenvalue weighted by Crippen LogP contribution is -2.60. The predicted molar refractivity (Wildman–Crippen MR) is 101 cm³/mol. The number of nitrogens with one attached hydrogen (secondary N) is 2. The van der Waals surface area contributed by atoms with Gasteiger partial charge in [-0.3, -0.25) is 10.0 Å². The summed E-state index contributed by atoms with van der Waals surface area (Å²) in [5.41, 5.74) is -0.0820. The Kier molecular flexibility index (Phi) is 5.74. The molecule has 2 saturated carbocycles. The molecule has 0 aromatic carbocycles. The molecular formula is C19H32N4O5. The fourth-order valence-electron chi connectivity index (χ4n) is 4.72. The fraction of sp³-hybridized carbons (Fsp3) is 0.842. The number of hydrogen-bond acceptors (Lipinski definition) is 5. The maximum absolute atomic E-state index is 11.6. The first-order valence-electron chi connectivity index (χ1n) is 10.1. The Labute approximate surface area is 165 Å². The van der Waals surface area contributed by atoms with Gasteiger partial charge in [-0.15, -0.1) is 0 Å². The zero-order valence-electron chi connectivity index (χ0n) is 16.9. The molecule has 28 heavy (non-hydrogen) atoms. The van der Waals surface area contributed by atoms with E-state index in [-0.39, 0.29) is 24.2 Å². The van der Waals surface area contributed by atoms with E-state index >= 15 is 0 Å². The number of fused-ring (bicyclic) bond motifs is 2. The lowest BCUT2D eigenvalue weighted by atomic mass is 9.52. The Morgan fingerprint density at radius 3 is 2.43 bits per heavy atom. The van der Waals surface area contributed by atoms with Crippen molar-refractivity contribution in [2.45, 2.75) is 83.0 Å². The molecular weight excluding hydrogens is 364 g/mol. The molecule has 2 heterocycles. The lowest BCUT2D eigenvalue weighted by molar-refractivity contribution is -0.113. The van der Waals surface area contributed by atoms with Crippen LogP contribution in [0.5, 0.6) is 0 Å². The summed E-state index contributed by atoms with van der Waals surface area (Å²) in [7, 11) is 0. The number of nitrogens with zero attached hydrogens (tertiary/aromatic N) is 2. The van der Waals surface area contributed by atoms with Crippen LogP contribution in [0.3, 0.4) is 0 Å². The molecule has 0 aromatic heterocycles. The van der Waals surface area contributed by atoms with E-state index < -0.39 is 5.60 Å². The number of alkyl carbamates (subject to hydrolysis) is 1. The lowest BCUT2D eigenvalue weighted by Gasteiger charge is -2.57. The van der Waals surface area contributed by atoms with E-state index in [4.69, 9.17) is 9.94 Å². The summed E-state index contributed by atoms with van der Waals surface area (Å²) in [5.74, 6) is 0. The second-order valence-corrected chi connectivity index (χ2v) is 9.51. The molecule has 1 spiro atoms. The third kappa shape index (κ3) is 4.68. The van der Waals surface area contributed by atoms with Crippen molar-refractivity contribution in [1.82, 2.24) is 20.6 Å². The normalized spacial score (nSPS) is 33.3. The van der Waals surface area contributed by atoms with Gasteiger partial charge in [-0.25, -0.2) is 14.7 Å². The minimum atomic E-state index is -0.443. The molecule has 2 saturated heterocycles. The predicted octanol–water partition coefficient (Wildman–Crippen LogP) is 1.84. The maximum Gasteiger partial charge on any atom is 0.407 e. The second-order valence-electron chi connectivity index (χ2n) is 9.51. The average molecular weight is 396 g/mol. The summed E-state index contributed by atoms with van der Waals surface area (Å²) in [6.07, 6.45) is 6.49. The number of urea groups is 1. The van der Waals surface area contributed by atoms with E-state index in [1.165, 1.54) is 0 Å². The number of rotatable bonds is 3. The molecule has 2 aliphatic heterocycles. The molecule has 4 rings (SSSR count). The largest absolute Gasteiger partial charge is 0.444 e. The molecule has 9 nitrogen and oxygen atoms in total. The van der Waals surface area contributed by atoms with Gasteiger partial charge in [0, 0.05) is 25.2 Å². The van der Waals surface area contributed by atoms with Gasteiger partial charge in [0.15, 0.2) is 0 Å². The van der Waals surface area contributed by atoms with Gasteiger partial charge in [-0.1, -0.05) is 0 Å². The number of hydrogen-bond donors (Lipinski definition) is 3. The summed E-state index contributed by atoms with van der Waals surface area (Å²) in [6.45, 7) is 7.10. The highest BCUT2D eigenvalue weighted by Crippen LogP contribution is 2.55. The van der Waals surface area contributed by atoms with Crippen molar-refractivity contribution in [3.05, 3.63) is 0 Å². The van der Waals surface area contributed by atoms with Crippen molar-refractivity contribution in [2.24, 2.45) is 5.41 Å². The molecule has 2 aliphatic carbocycles. The van der Waals surface area contributed by atoms with Crippen LogP contribution in [0, 0.1) is 5.41 Å². The van der Waals surface area contributed by atoms with E-state index in [1.807, 2.05) is 20.8 Å². The van der Waals surface area contributed by atoms with Gasteiger partial charge in [0.2, 0.25) is 6.41 Å². The van der Waals surface area contributed by atoms with Crippen LogP contribution >= 0.6 is 0 Å². The first-order valence-corrected chi connectivity index (χ1v) is 10.1. The molecule has 0 aromatic rings. The van der Waals surface area contributed by atoms with Crippen LogP contribution in [0.25, 0.3) is 0 Å². The molecule has 2 bridgehead atoms. The zero-order valence-corrected chi connectivity index (χ0v) is 16.9. The van der Waals surface area contributed by atoms with E-state index in [9.17, 15) is 14.4 Å². The topological polar surface area (TPSA) is 111 Å². The summed E-state index contributed by atoms with van der Waals surface area (Å²) in [6, 6.07) is 0.422. The van der Waals surface area contributed by atoms with Crippen molar-refractivity contribution in [3.8, 4) is 0 Å². The molecule has 9 heteroatoms. The molecule has 0 unspecified atom stereocenters. The van der Waals surface area contributed by atoms with Crippen LogP contribution in [-0.2, 0) is 9.53 Å². The quantitative estimate of drug-likeness (QED) is 0.498. The van der Waals surface area contributed by atoms with Crippen molar-refractivity contribution in [3.63, 3.8) is 0 Å². The van der Waals surface area contributed by atoms with Crippen LogP contribution in [0.15, 0.2) is 0 Å². The van der Waals surface area contributed by atoms with E-state index in [1.54, 1.807) is 4.90 Å². The van der Waals surface area contributed by atoms with Crippen molar-refractivity contribution >= 4 is 18.5 Å². The number of amides is 4. The van der Waals surface area contributed by atoms with Crippen molar-refractivity contribution in [1.29, 1.82) is 0 Å². The molecule has 158 valence electrons. The van der Waals surface area contributed by atoms with Gasteiger partial charge in [0.05, 0.1) is 6.04 Å². The number of ether oxygens (including phenoxy) is 1. The molecule has 4 aliphatic rings. The molecule has 4 amide bonds. The SMILES string of the molecule is CC(C)(C)OC(=O)NC1CC2(CC(NC=O)C2)C1.O=C1N2CCC[C@H](C2)N1O. The van der Waals surface area contributed by atoms with Crippen LogP contribution < -0.4 is 10.6 Å². The van der Waals surface area contributed by atoms with Crippen LogP contribution in [-0.4, -0.2) is 70.5 Å². The average Bonchev–Trinajstić information content (AvgIpc) is 2.73. The maximum atomic E-state index is 11.6. The third-order valence-electron chi connectivity index (χ3n) is 5.95. The number of hydroxylamine groups is 2. The number of carbonyl (C=O) groups excluding carboxylic acids is 3. The zero-order chi connectivity index (χ0) is 20.5. The third-order valence-corrected chi connectivity index (χ3v) is 5.95. The van der Waals surface area contributed by atoms with Gasteiger partial charge in [0.25, 0.3) is 0 Å². The van der Waals surface area contributed by atoms with E-state index in [0.717, 1.165) is 63.1 Å². The van der Waals surface area contributed by atoms with Gasteiger partial charge in [-0.05, 0) is 64.7 Å². The van der Waals surface area contributed by atoms with Gasteiger partial charge in [-0.2, -0.15) is 0 Å². The highest BCUT2D eigenvalue weighted by molar-refractivity contribution is 5.76. The molecule has 0 radical (unpaired) electrons. The highest BCUT2D eigenvalue weighted by atomic mass is 16.6. The highest BCUT2D eigenvalue weighted by Gasteiger charge is 2.53.